The summed E-state index contributed by atoms with van der Waals surface area (Å²) in [5.74, 6) is 0. The van der Waals surface area contributed by atoms with Gasteiger partial charge in [-0.15, -0.1) is 0 Å². The Kier molecular flexibility index (Phi) is 1.89. The summed E-state index contributed by atoms with van der Waals surface area (Å²) in [6.45, 7) is 0. The summed E-state index contributed by atoms with van der Waals surface area (Å²) >= 11 is 9.32. The van der Waals surface area contributed by atoms with E-state index in [1.54, 1.807) is 0 Å². The van der Waals surface area contributed by atoms with Crippen LogP contribution in [-0.4, -0.2) is 4.57 Å². The monoisotopic (exact) mass is 243 g/mol. The van der Waals surface area contributed by atoms with Crippen LogP contribution in [0.4, 0.5) is 0 Å². The van der Waals surface area contributed by atoms with E-state index in [-0.39, 0.29) is 0 Å². The molecule has 0 aliphatic rings. The van der Waals surface area contributed by atoms with Gasteiger partial charge in [0, 0.05) is 17.5 Å². The van der Waals surface area contributed by atoms with Crippen molar-refractivity contribution in [2.75, 3.05) is 0 Å². The standard InChI is InChI=1S/C9H7BrClN/c1-12-8-5-7(11)3-2-6(8)4-9(12)10/h2-5H,1H3. The van der Waals surface area contributed by atoms with E-state index < -0.39 is 0 Å². The fraction of sp³-hybridized carbons (Fsp3) is 0.111. The Bertz CT molecular complexity index is 433. The van der Waals surface area contributed by atoms with Gasteiger partial charge in [-0.25, -0.2) is 0 Å². The highest BCUT2D eigenvalue weighted by molar-refractivity contribution is 9.10. The topological polar surface area (TPSA) is 4.93 Å². The van der Waals surface area contributed by atoms with Gasteiger partial charge in [-0.1, -0.05) is 17.7 Å². The van der Waals surface area contributed by atoms with Gasteiger partial charge in [0.15, 0.2) is 0 Å². The van der Waals surface area contributed by atoms with Gasteiger partial charge in [-0.2, -0.15) is 0 Å². The molecule has 62 valence electrons. The number of halogens is 2. The lowest BCUT2D eigenvalue weighted by Crippen LogP contribution is -1.85. The number of aryl methyl sites for hydroxylation is 1. The van der Waals surface area contributed by atoms with Gasteiger partial charge in [0.2, 0.25) is 0 Å². The molecule has 0 aliphatic heterocycles. The van der Waals surface area contributed by atoms with Crippen LogP contribution in [0.2, 0.25) is 5.02 Å². The van der Waals surface area contributed by atoms with Crippen LogP contribution in [0.1, 0.15) is 0 Å². The molecule has 0 amide bonds. The third-order valence-electron chi connectivity index (χ3n) is 1.95. The van der Waals surface area contributed by atoms with Crippen LogP contribution in [0.25, 0.3) is 10.9 Å². The molecule has 0 spiro atoms. The molecule has 0 saturated carbocycles. The Morgan fingerprint density at radius 1 is 1.33 bits per heavy atom. The fourth-order valence-corrected chi connectivity index (χ4v) is 1.87. The van der Waals surface area contributed by atoms with Gasteiger partial charge in [0.1, 0.15) is 0 Å². The second-order valence-electron chi connectivity index (χ2n) is 2.73. The van der Waals surface area contributed by atoms with Gasteiger partial charge in [0.25, 0.3) is 0 Å². The van der Waals surface area contributed by atoms with Crippen molar-refractivity contribution in [3.05, 3.63) is 33.9 Å². The molecule has 12 heavy (non-hydrogen) atoms. The van der Waals surface area contributed by atoms with E-state index in [1.165, 1.54) is 5.39 Å². The van der Waals surface area contributed by atoms with Crippen molar-refractivity contribution in [2.24, 2.45) is 7.05 Å². The third-order valence-corrected chi connectivity index (χ3v) is 2.94. The summed E-state index contributed by atoms with van der Waals surface area (Å²) in [6.07, 6.45) is 0. The van der Waals surface area contributed by atoms with Gasteiger partial charge >= 0.3 is 0 Å². The van der Waals surface area contributed by atoms with Crippen molar-refractivity contribution in [3.63, 3.8) is 0 Å². The van der Waals surface area contributed by atoms with Crippen LogP contribution >= 0.6 is 27.5 Å². The highest BCUT2D eigenvalue weighted by atomic mass is 79.9. The first-order valence-corrected chi connectivity index (χ1v) is 4.76. The molecule has 1 heterocycles. The molecule has 3 heteroatoms. The largest absolute Gasteiger partial charge is 0.338 e. The molecule has 0 fully saturated rings. The van der Waals surface area contributed by atoms with Crippen molar-refractivity contribution < 1.29 is 0 Å². The number of fused-ring (bicyclic) bond motifs is 1. The minimum Gasteiger partial charge on any atom is -0.338 e. The summed E-state index contributed by atoms with van der Waals surface area (Å²) in [7, 11) is 2.00. The zero-order valence-electron chi connectivity index (χ0n) is 6.51. The lowest BCUT2D eigenvalue weighted by atomic mass is 10.2. The maximum atomic E-state index is 5.87. The maximum Gasteiger partial charge on any atom is 0.0854 e. The van der Waals surface area contributed by atoms with Crippen LogP contribution < -0.4 is 0 Å². The van der Waals surface area contributed by atoms with E-state index in [9.17, 15) is 0 Å². The smallest absolute Gasteiger partial charge is 0.0854 e. The van der Waals surface area contributed by atoms with Crippen LogP contribution in [0.3, 0.4) is 0 Å². The molecule has 2 aromatic rings. The van der Waals surface area contributed by atoms with Crippen LogP contribution in [-0.2, 0) is 7.05 Å². The van der Waals surface area contributed by atoms with Gasteiger partial charge < -0.3 is 4.57 Å². The number of hydrogen-bond acceptors (Lipinski definition) is 0. The number of nitrogens with zero attached hydrogens (tertiary/aromatic N) is 1. The minimum atomic E-state index is 0.774. The second-order valence-corrected chi connectivity index (χ2v) is 3.98. The highest BCUT2D eigenvalue weighted by Gasteiger charge is 2.02. The Balaban J connectivity index is 2.88. The molecule has 1 aromatic heterocycles. The molecule has 2 rings (SSSR count). The predicted molar refractivity (Wildman–Crippen MR) is 55.6 cm³/mol. The van der Waals surface area contributed by atoms with Crippen LogP contribution in [0.15, 0.2) is 28.9 Å². The van der Waals surface area contributed by atoms with Crippen molar-refractivity contribution >= 4 is 38.4 Å². The summed E-state index contributed by atoms with van der Waals surface area (Å²) < 4.78 is 3.13. The number of aromatic nitrogens is 1. The Morgan fingerprint density at radius 2 is 2.08 bits per heavy atom. The molecule has 0 N–H and O–H groups in total. The van der Waals surface area contributed by atoms with E-state index in [1.807, 2.05) is 25.2 Å². The first-order chi connectivity index (χ1) is 5.68. The molecule has 1 aromatic carbocycles. The lowest BCUT2D eigenvalue weighted by Gasteiger charge is -1.97. The van der Waals surface area contributed by atoms with Crippen LogP contribution in [0, 0.1) is 0 Å². The lowest BCUT2D eigenvalue weighted by molar-refractivity contribution is 0.941. The van der Waals surface area contributed by atoms with Gasteiger partial charge in [-0.05, 0) is 34.1 Å². The summed E-state index contributed by atoms with van der Waals surface area (Å²) in [6, 6.07) is 7.95. The number of hydrogen-bond donors (Lipinski definition) is 0. The average Bonchev–Trinajstić information content (AvgIpc) is 2.31. The van der Waals surface area contributed by atoms with E-state index in [0.29, 0.717) is 0 Å². The number of rotatable bonds is 0. The molecular weight excluding hydrogens is 237 g/mol. The maximum absolute atomic E-state index is 5.87. The van der Waals surface area contributed by atoms with E-state index >= 15 is 0 Å². The van der Waals surface area contributed by atoms with Crippen molar-refractivity contribution in [1.82, 2.24) is 4.57 Å². The summed E-state index contributed by atoms with van der Waals surface area (Å²) in [5, 5.41) is 1.98. The quantitative estimate of drug-likeness (QED) is 0.667. The number of benzene rings is 1. The van der Waals surface area contributed by atoms with E-state index in [0.717, 1.165) is 15.1 Å². The summed E-state index contributed by atoms with van der Waals surface area (Å²) in [5.41, 5.74) is 1.15. The van der Waals surface area contributed by atoms with Crippen LogP contribution in [0.5, 0.6) is 0 Å². The third kappa shape index (κ3) is 1.15. The molecule has 0 radical (unpaired) electrons. The van der Waals surface area contributed by atoms with Crippen molar-refractivity contribution in [2.45, 2.75) is 0 Å². The Hall–Kier alpha value is -0.470. The molecule has 0 atom stereocenters. The highest BCUT2D eigenvalue weighted by Crippen LogP contribution is 2.25. The average molecular weight is 245 g/mol. The molecule has 0 unspecified atom stereocenters. The molecule has 0 saturated heterocycles. The first kappa shape index (κ1) is 8.14. The normalized spacial score (nSPS) is 10.9. The van der Waals surface area contributed by atoms with Crippen molar-refractivity contribution in [3.8, 4) is 0 Å². The molecule has 1 nitrogen and oxygen atoms in total. The predicted octanol–water partition coefficient (Wildman–Crippen LogP) is 3.59. The van der Waals surface area contributed by atoms with E-state index in [2.05, 4.69) is 26.6 Å². The zero-order valence-corrected chi connectivity index (χ0v) is 8.85. The molecule has 0 bridgehead atoms. The Labute approximate surface area is 84.1 Å². The van der Waals surface area contributed by atoms with E-state index in [4.69, 9.17) is 11.6 Å². The SMILES string of the molecule is Cn1c(Br)cc2ccc(Cl)cc21. The minimum absolute atomic E-state index is 0.774. The molecule has 0 aliphatic carbocycles. The Morgan fingerprint density at radius 3 is 2.83 bits per heavy atom. The van der Waals surface area contributed by atoms with Gasteiger partial charge in [-0.3, -0.25) is 0 Å². The zero-order chi connectivity index (χ0) is 8.72. The second kappa shape index (κ2) is 2.79. The summed E-state index contributed by atoms with van der Waals surface area (Å²) in [4.78, 5) is 0. The van der Waals surface area contributed by atoms with Crippen molar-refractivity contribution in [1.29, 1.82) is 0 Å². The van der Waals surface area contributed by atoms with Gasteiger partial charge in [0.05, 0.1) is 10.1 Å². The fourth-order valence-electron chi connectivity index (χ4n) is 1.27. The molecular formula is C9H7BrClN. The first-order valence-electron chi connectivity index (χ1n) is 3.59.